The molecular weight excluding hydrogens is 206 g/mol. The predicted octanol–water partition coefficient (Wildman–Crippen LogP) is -0.524. The first-order valence-corrected chi connectivity index (χ1v) is 5.34. The number of nitrogens with two attached hydrogens (primary N) is 1. The van der Waals surface area contributed by atoms with Gasteiger partial charge < -0.3 is 10.6 Å². The SMILES string of the molecule is C#CONC(C)C1C(N)CC(C(C)=O)N1C. The summed E-state index contributed by atoms with van der Waals surface area (Å²) in [5.74, 6) is 0.144. The van der Waals surface area contributed by atoms with Crippen molar-refractivity contribution in [2.75, 3.05) is 7.05 Å². The molecule has 0 aliphatic carbocycles. The monoisotopic (exact) mass is 225 g/mol. The molecule has 0 spiro atoms. The molecule has 5 nitrogen and oxygen atoms in total. The molecule has 0 saturated carbocycles. The van der Waals surface area contributed by atoms with Gasteiger partial charge in [0.05, 0.1) is 12.1 Å². The van der Waals surface area contributed by atoms with Crippen LogP contribution in [0.5, 0.6) is 0 Å². The van der Waals surface area contributed by atoms with E-state index in [0.717, 1.165) is 0 Å². The summed E-state index contributed by atoms with van der Waals surface area (Å²) in [7, 11) is 1.90. The highest BCUT2D eigenvalue weighted by Gasteiger charge is 2.41. The van der Waals surface area contributed by atoms with E-state index >= 15 is 0 Å². The number of hydrogen-bond acceptors (Lipinski definition) is 5. The van der Waals surface area contributed by atoms with E-state index in [1.807, 2.05) is 25.0 Å². The van der Waals surface area contributed by atoms with E-state index in [2.05, 4.69) is 5.48 Å². The van der Waals surface area contributed by atoms with Crippen LogP contribution >= 0.6 is 0 Å². The lowest BCUT2D eigenvalue weighted by molar-refractivity contribution is -0.121. The Labute approximate surface area is 96.3 Å². The second-order valence-electron chi connectivity index (χ2n) is 4.31. The lowest BCUT2D eigenvalue weighted by Crippen LogP contribution is -2.52. The van der Waals surface area contributed by atoms with Crippen LogP contribution in [-0.2, 0) is 9.63 Å². The summed E-state index contributed by atoms with van der Waals surface area (Å²) in [4.78, 5) is 18.1. The summed E-state index contributed by atoms with van der Waals surface area (Å²) in [6, 6.07) is -0.138. The number of nitrogens with one attached hydrogen (secondary N) is 1. The molecule has 5 heteroatoms. The Bertz CT molecular complexity index is 300. The zero-order valence-electron chi connectivity index (χ0n) is 9.93. The van der Waals surface area contributed by atoms with Crippen LogP contribution in [0.4, 0.5) is 0 Å². The number of nitrogens with zero attached hydrogens (tertiary/aromatic N) is 1. The fourth-order valence-corrected chi connectivity index (χ4v) is 2.45. The number of ketones is 1. The summed E-state index contributed by atoms with van der Waals surface area (Å²) in [6.45, 7) is 3.52. The van der Waals surface area contributed by atoms with Crippen molar-refractivity contribution in [1.29, 1.82) is 0 Å². The number of rotatable bonds is 4. The van der Waals surface area contributed by atoms with E-state index in [0.29, 0.717) is 6.42 Å². The fraction of sp³-hybridized carbons (Fsp3) is 0.727. The van der Waals surface area contributed by atoms with Gasteiger partial charge in [0.2, 0.25) is 0 Å². The Balaban J connectivity index is 2.67. The normalized spacial score (nSPS) is 32.1. The second-order valence-corrected chi connectivity index (χ2v) is 4.31. The van der Waals surface area contributed by atoms with Crippen molar-refractivity contribution in [3.05, 3.63) is 0 Å². The van der Waals surface area contributed by atoms with Crippen LogP contribution in [0.15, 0.2) is 0 Å². The van der Waals surface area contributed by atoms with Gasteiger partial charge in [-0.25, -0.2) is 0 Å². The number of Topliss-reactive ketones (excluding diaryl/α,β-unsaturated/α-hetero) is 1. The van der Waals surface area contributed by atoms with Crippen LogP contribution in [0.25, 0.3) is 0 Å². The minimum Gasteiger partial charge on any atom is -0.356 e. The maximum Gasteiger partial charge on any atom is 0.146 e. The Morgan fingerprint density at radius 1 is 1.75 bits per heavy atom. The number of carbonyl (C=O) groups excluding carboxylic acids is 1. The predicted molar refractivity (Wildman–Crippen MR) is 61.1 cm³/mol. The molecule has 0 amide bonds. The lowest BCUT2D eigenvalue weighted by Gasteiger charge is -2.30. The third-order valence-corrected chi connectivity index (χ3v) is 3.18. The van der Waals surface area contributed by atoms with Crippen LogP contribution in [0.3, 0.4) is 0 Å². The van der Waals surface area contributed by atoms with Crippen molar-refractivity contribution in [3.63, 3.8) is 0 Å². The van der Waals surface area contributed by atoms with E-state index in [4.69, 9.17) is 17.0 Å². The van der Waals surface area contributed by atoms with Gasteiger partial charge in [-0.05, 0) is 27.3 Å². The summed E-state index contributed by atoms with van der Waals surface area (Å²) in [6.07, 6.45) is 7.71. The molecule has 0 bridgehead atoms. The zero-order chi connectivity index (χ0) is 12.3. The molecule has 0 aromatic carbocycles. The quantitative estimate of drug-likeness (QED) is 0.497. The molecule has 1 aliphatic heterocycles. The average molecular weight is 225 g/mol. The Hall–Kier alpha value is -1.09. The smallest absolute Gasteiger partial charge is 0.146 e. The maximum atomic E-state index is 11.4. The molecule has 0 aromatic rings. The van der Waals surface area contributed by atoms with Gasteiger partial charge in [-0.1, -0.05) is 6.42 Å². The van der Waals surface area contributed by atoms with Gasteiger partial charge in [0.15, 0.2) is 0 Å². The molecule has 1 saturated heterocycles. The Kier molecular flexibility index (Phi) is 4.30. The van der Waals surface area contributed by atoms with Crippen molar-refractivity contribution in [3.8, 4) is 12.5 Å². The number of hydrogen-bond donors (Lipinski definition) is 2. The number of likely N-dealkylation sites (tertiary alicyclic amines) is 1. The van der Waals surface area contributed by atoms with Crippen molar-refractivity contribution >= 4 is 5.78 Å². The van der Waals surface area contributed by atoms with E-state index in [1.165, 1.54) is 0 Å². The first-order chi connectivity index (χ1) is 7.49. The second kappa shape index (κ2) is 5.30. The van der Waals surface area contributed by atoms with Crippen molar-refractivity contribution in [1.82, 2.24) is 10.4 Å². The molecular formula is C11H19N3O2. The van der Waals surface area contributed by atoms with E-state index in [1.54, 1.807) is 6.92 Å². The third kappa shape index (κ3) is 2.53. The molecule has 0 radical (unpaired) electrons. The van der Waals surface area contributed by atoms with Crippen LogP contribution in [0, 0.1) is 12.5 Å². The number of terminal acetylenes is 1. The molecule has 90 valence electrons. The maximum absolute atomic E-state index is 11.4. The molecule has 1 rings (SSSR count). The van der Waals surface area contributed by atoms with E-state index in [9.17, 15) is 4.79 Å². The number of hydroxylamine groups is 1. The van der Waals surface area contributed by atoms with Crippen LogP contribution in [0.1, 0.15) is 20.3 Å². The molecule has 16 heavy (non-hydrogen) atoms. The summed E-state index contributed by atoms with van der Waals surface area (Å²) in [5, 5.41) is 0. The van der Waals surface area contributed by atoms with Gasteiger partial charge in [0, 0.05) is 12.1 Å². The first kappa shape index (κ1) is 13.0. The van der Waals surface area contributed by atoms with E-state index in [-0.39, 0.29) is 30.0 Å². The minimum absolute atomic E-state index is 0.0274. The Morgan fingerprint density at radius 2 is 2.38 bits per heavy atom. The van der Waals surface area contributed by atoms with Crippen LogP contribution < -0.4 is 11.2 Å². The highest BCUT2D eigenvalue weighted by atomic mass is 16.6. The molecule has 3 N–H and O–H groups in total. The van der Waals surface area contributed by atoms with Gasteiger partial charge in [0.25, 0.3) is 0 Å². The van der Waals surface area contributed by atoms with Gasteiger partial charge >= 0.3 is 0 Å². The first-order valence-electron chi connectivity index (χ1n) is 5.34. The average Bonchev–Trinajstić information content (AvgIpc) is 2.51. The third-order valence-electron chi connectivity index (χ3n) is 3.18. The highest BCUT2D eigenvalue weighted by Crippen LogP contribution is 2.24. The van der Waals surface area contributed by atoms with Gasteiger partial charge in [-0.15, -0.1) is 5.48 Å². The summed E-state index contributed by atoms with van der Waals surface area (Å²) >= 11 is 0. The van der Waals surface area contributed by atoms with Crippen molar-refractivity contribution in [2.24, 2.45) is 5.73 Å². The van der Waals surface area contributed by atoms with Gasteiger partial charge in [0.1, 0.15) is 11.9 Å². The van der Waals surface area contributed by atoms with Crippen molar-refractivity contribution < 1.29 is 9.63 Å². The lowest BCUT2D eigenvalue weighted by atomic mass is 10.0. The molecule has 4 unspecified atom stereocenters. The zero-order valence-corrected chi connectivity index (χ0v) is 9.93. The van der Waals surface area contributed by atoms with E-state index < -0.39 is 0 Å². The number of likely N-dealkylation sites (N-methyl/N-ethyl adjacent to an activating group) is 1. The van der Waals surface area contributed by atoms with Crippen LogP contribution in [0.2, 0.25) is 0 Å². The Morgan fingerprint density at radius 3 is 2.81 bits per heavy atom. The summed E-state index contributed by atoms with van der Waals surface area (Å²) < 4.78 is 0. The highest BCUT2D eigenvalue weighted by molar-refractivity contribution is 5.82. The molecule has 1 aliphatic rings. The standard InChI is InChI=1S/C11H19N3O2/c1-5-16-13-7(2)11-9(12)6-10(8(3)15)14(11)4/h1,7,9-11,13H,6,12H2,2-4H3. The number of carbonyl (C=O) groups is 1. The molecule has 0 aromatic heterocycles. The van der Waals surface area contributed by atoms with Gasteiger partial charge in [-0.3, -0.25) is 9.69 Å². The topological polar surface area (TPSA) is 67.6 Å². The largest absolute Gasteiger partial charge is 0.356 e. The van der Waals surface area contributed by atoms with Crippen molar-refractivity contribution in [2.45, 2.75) is 44.4 Å². The van der Waals surface area contributed by atoms with Crippen LogP contribution in [-0.4, -0.2) is 41.9 Å². The molecule has 4 atom stereocenters. The summed E-state index contributed by atoms with van der Waals surface area (Å²) in [5.41, 5.74) is 8.75. The molecule has 1 fully saturated rings. The molecule has 1 heterocycles. The minimum atomic E-state index is -0.102. The van der Waals surface area contributed by atoms with Gasteiger partial charge in [-0.2, -0.15) is 0 Å². The fourth-order valence-electron chi connectivity index (χ4n) is 2.45.